The van der Waals surface area contributed by atoms with E-state index in [4.69, 9.17) is 11.6 Å². The second kappa shape index (κ2) is 7.58. The van der Waals surface area contributed by atoms with Crippen LogP contribution in [0.15, 0.2) is 42.5 Å². The Hall–Kier alpha value is -1.38. The highest BCUT2D eigenvalue weighted by Gasteiger charge is 2.15. The van der Waals surface area contributed by atoms with Crippen LogP contribution in [0.3, 0.4) is 0 Å². The summed E-state index contributed by atoms with van der Waals surface area (Å²) in [7, 11) is 0. The van der Waals surface area contributed by atoms with Crippen molar-refractivity contribution in [1.29, 1.82) is 0 Å². The summed E-state index contributed by atoms with van der Waals surface area (Å²) in [5, 5.41) is 4.26. The van der Waals surface area contributed by atoms with E-state index in [1.165, 1.54) is 6.07 Å². The maximum atomic E-state index is 13.5. The summed E-state index contributed by atoms with van der Waals surface area (Å²) in [6, 6.07) is 12.9. The molecule has 0 aliphatic carbocycles. The molecular formula is C18H21ClFN. The fraction of sp³-hybridized carbons (Fsp3) is 0.333. The summed E-state index contributed by atoms with van der Waals surface area (Å²) >= 11 is 6.32. The molecule has 112 valence electrons. The van der Waals surface area contributed by atoms with Crippen molar-refractivity contribution in [3.63, 3.8) is 0 Å². The van der Waals surface area contributed by atoms with Gasteiger partial charge in [-0.25, -0.2) is 4.39 Å². The van der Waals surface area contributed by atoms with Crippen LogP contribution in [0.2, 0.25) is 5.02 Å². The lowest BCUT2D eigenvalue weighted by Crippen LogP contribution is -2.24. The fourth-order valence-electron chi connectivity index (χ4n) is 2.45. The maximum absolute atomic E-state index is 13.5. The Labute approximate surface area is 131 Å². The number of hydrogen-bond acceptors (Lipinski definition) is 1. The van der Waals surface area contributed by atoms with Crippen LogP contribution in [0.4, 0.5) is 4.39 Å². The first-order valence-corrected chi connectivity index (χ1v) is 7.72. The van der Waals surface area contributed by atoms with Gasteiger partial charge in [-0.2, -0.15) is 0 Å². The Morgan fingerprint density at radius 3 is 2.67 bits per heavy atom. The Bertz CT molecular complexity index is 598. The maximum Gasteiger partial charge on any atom is 0.123 e. The molecule has 0 aromatic heterocycles. The largest absolute Gasteiger partial charge is 0.310 e. The molecular weight excluding hydrogens is 285 g/mol. The van der Waals surface area contributed by atoms with Crippen molar-refractivity contribution >= 4 is 11.6 Å². The van der Waals surface area contributed by atoms with Gasteiger partial charge in [0.25, 0.3) is 0 Å². The third kappa shape index (κ3) is 4.29. The van der Waals surface area contributed by atoms with Crippen LogP contribution in [-0.4, -0.2) is 6.54 Å². The number of aryl methyl sites for hydroxylation is 1. The first-order valence-electron chi connectivity index (χ1n) is 7.34. The summed E-state index contributed by atoms with van der Waals surface area (Å²) in [5.74, 6) is -0.191. The number of halogens is 2. The number of hydrogen-bond donors (Lipinski definition) is 1. The minimum atomic E-state index is -0.191. The van der Waals surface area contributed by atoms with Crippen LogP contribution in [0.1, 0.15) is 36.1 Å². The lowest BCUT2D eigenvalue weighted by Gasteiger charge is -2.21. The third-order valence-electron chi connectivity index (χ3n) is 3.66. The van der Waals surface area contributed by atoms with Crippen molar-refractivity contribution in [2.75, 3.05) is 6.54 Å². The van der Waals surface area contributed by atoms with Crippen LogP contribution in [0.5, 0.6) is 0 Å². The Kier molecular flexibility index (Phi) is 5.77. The molecule has 0 aliphatic rings. The molecule has 2 rings (SSSR count). The van der Waals surface area contributed by atoms with E-state index in [0.717, 1.165) is 41.1 Å². The minimum absolute atomic E-state index is 0.0964. The summed E-state index contributed by atoms with van der Waals surface area (Å²) in [6.07, 6.45) is 1.77. The van der Waals surface area contributed by atoms with Gasteiger partial charge in [0.05, 0.1) is 0 Å². The highest BCUT2D eigenvalue weighted by molar-refractivity contribution is 6.31. The highest BCUT2D eigenvalue weighted by atomic mass is 35.5. The molecule has 0 heterocycles. The molecule has 1 N–H and O–H groups in total. The van der Waals surface area contributed by atoms with E-state index in [1.807, 2.05) is 37.3 Å². The molecule has 3 heteroatoms. The van der Waals surface area contributed by atoms with Crippen LogP contribution in [0.25, 0.3) is 0 Å². The van der Waals surface area contributed by atoms with Gasteiger partial charge in [0.2, 0.25) is 0 Å². The minimum Gasteiger partial charge on any atom is -0.310 e. The molecule has 0 aliphatic heterocycles. The van der Waals surface area contributed by atoms with Gasteiger partial charge in [0.15, 0.2) is 0 Å². The molecule has 21 heavy (non-hydrogen) atoms. The van der Waals surface area contributed by atoms with E-state index in [0.29, 0.717) is 0 Å². The Balaban J connectivity index is 2.28. The zero-order valence-corrected chi connectivity index (χ0v) is 13.3. The predicted octanol–water partition coefficient (Wildman–Crippen LogP) is 5.07. The van der Waals surface area contributed by atoms with Crippen molar-refractivity contribution in [2.45, 2.75) is 32.7 Å². The number of benzene rings is 2. The van der Waals surface area contributed by atoms with Crippen LogP contribution < -0.4 is 5.32 Å². The van der Waals surface area contributed by atoms with Crippen molar-refractivity contribution in [2.24, 2.45) is 0 Å². The van der Waals surface area contributed by atoms with Gasteiger partial charge in [-0.3, -0.25) is 0 Å². The molecule has 0 spiro atoms. The quantitative estimate of drug-likeness (QED) is 0.785. The molecule has 0 bridgehead atoms. The van der Waals surface area contributed by atoms with Gasteiger partial charge < -0.3 is 5.32 Å². The molecule has 1 atom stereocenters. The highest BCUT2D eigenvalue weighted by Crippen LogP contribution is 2.27. The lowest BCUT2D eigenvalue weighted by atomic mass is 9.96. The Morgan fingerprint density at radius 2 is 1.95 bits per heavy atom. The number of nitrogens with one attached hydrogen (secondary N) is 1. The van der Waals surface area contributed by atoms with Gasteiger partial charge in [-0.15, -0.1) is 0 Å². The van der Waals surface area contributed by atoms with Gasteiger partial charge in [0.1, 0.15) is 5.82 Å². The summed E-state index contributed by atoms with van der Waals surface area (Å²) in [6.45, 7) is 5.05. The summed E-state index contributed by atoms with van der Waals surface area (Å²) in [4.78, 5) is 0. The van der Waals surface area contributed by atoms with E-state index in [-0.39, 0.29) is 11.9 Å². The topological polar surface area (TPSA) is 12.0 Å². The van der Waals surface area contributed by atoms with Gasteiger partial charge in [0, 0.05) is 11.1 Å². The smallest absolute Gasteiger partial charge is 0.123 e. The van der Waals surface area contributed by atoms with Crippen LogP contribution in [-0.2, 0) is 6.42 Å². The van der Waals surface area contributed by atoms with E-state index in [2.05, 4.69) is 12.2 Å². The van der Waals surface area contributed by atoms with Crippen LogP contribution in [0, 0.1) is 12.7 Å². The second-order valence-corrected chi connectivity index (χ2v) is 5.71. The lowest BCUT2D eigenvalue weighted by molar-refractivity contribution is 0.526. The number of rotatable bonds is 6. The van der Waals surface area contributed by atoms with Gasteiger partial charge in [-0.1, -0.05) is 42.8 Å². The first-order chi connectivity index (χ1) is 10.1. The zero-order chi connectivity index (χ0) is 15.2. The SMILES string of the molecule is CCCNC(Cc1cc(F)ccc1C)c1ccccc1Cl. The average Bonchev–Trinajstić information content (AvgIpc) is 2.48. The fourth-order valence-corrected chi connectivity index (χ4v) is 2.72. The van der Waals surface area contributed by atoms with E-state index >= 15 is 0 Å². The summed E-state index contributed by atoms with van der Waals surface area (Å²) in [5.41, 5.74) is 3.19. The molecule has 0 radical (unpaired) electrons. The molecule has 0 saturated carbocycles. The summed E-state index contributed by atoms with van der Waals surface area (Å²) < 4.78 is 13.5. The molecule has 0 fully saturated rings. The van der Waals surface area contributed by atoms with Crippen molar-refractivity contribution in [1.82, 2.24) is 5.32 Å². The Morgan fingerprint density at radius 1 is 1.19 bits per heavy atom. The standard InChI is InChI=1S/C18H21ClFN/c1-3-10-21-18(16-6-4-5-7-17(16)19)12-14-11-15(20)9-8-13(14)2/h4-9,11,18,21H,3,10,12H2,1-2H3. The van der Waals surface area contributed by atoms with Crippen LogP contribution >= 0.6 is 11.6 Å². The second-order valence-electron chi connectivity index (χ2n) is 5.30. The third-order valence-corrected chi connectivity index (χ3v) is 4.00. The predicted molar refractivity (Wildman–Crippen MR) is 87.3 cm³/mol. The molecule has 0 amide bonds. The normalized spacial score (nSPS) is 12.4. The monoisotopic (exact) mass is 305 g/mol. The zero-order valence-electron chi connectivity index (χ0n) is 12.5. The molecule has 1 nitrogen and oxygen atoms in total. The molecule has 2 aromatic carbocycles. The van der Waals surface area contributed by atoms with Crippen molar-refractivity contribution in [3.8, 4) is 0 Å². The first kappa shape index (κ1) is 16.0. The van der Waals surface area contributed by atoms with E-state index in [1.54, 1.807) is 6.07 Å². The molecule has 2 aromatic rings. The van der Waals surface area contributed by atoms with Gasteiger partial charge in [-0.05, 0) is 61.2 Å². The van der Waals surface area contributed by atoms with Gasteiger partial charge >= 0.3 is 0 Å². The van der Waals surface area contributed by atoms with Crippen molar-refractivity contribution in [3.05, 3.63) is 70.0 Å². The average molecular weight is 306 g/mol. The van der Waals surface area contributed by atoms with Crippen molar-refractivity contribution < 1.29 is 4.39 Å². The van der Waals surface area contributed by atoms with E-state index in [9.17, 15) is 4.39 Å². The molecule has 1 unspecified atom stereocenters. The molecule has 0 saturated heterocycles. The van der Waals surface area contributed by atoms with E-state index < -0.39 is 0 Å².